The number of furan rings is 1. The summed E-state index contributed by atoms with van der Waals surface area (Å²) in [6.07, 6.45) is 0. The number of hydrogen-bond acceptors (Lipinski definition) is 3. The Balaban J connectivity index is 2.18. The van der Waals surface area contributed by atoms with Gasteiger partial charge in [-0.1, -0.05) is 0 Å². The van der Waals surface area contributed by atoms with Crippen LogP contribution in [0.4, 0.5) is 4.39 Å². The van der Waals surface area contributed by atoms with Gasteiger partial charge < -0.3 is 15.1 Å². The summed E-state index contributed by atoms with van der Waals surface area (Å²) in [5, 5.41) is 5.58. The van der Waals surface area contributed by atoms with Crippen molar-refractivity contribution in [3.63, 3.8) is 0 Å². The Labute approximate surface area is 115 Å². The molecule has 106 valence electrons. The number of rotatable bonds is 4. The van der Waals surface area contributed by atoms with Crippen LogP contribution in [-0.4, -0.2) is 24.9 Å². The molecule has 0 saturated carbocycles. The predicted octanol–water partition coefficient (Wildman–Crippen LogP) is 1.75. The smallest absolute Gasteiger partial charge is 0.287 e. The number of hydrogen-bond donors (Lipinski definition) is 2. The molecule has 1 aromatic carbocycles. The van der Waals surface area contributed by atoms with Gasteiger partial charge in [-0.25, -0.2) is 4.39 Å². The molecule has 1 aromatic heterocycles. The summed E-state index contributed by atoms with van der Waals surface area (Å²) >= 11 is 0. The van der Waals surface area contributed by atoms with E-state index in [2.05, 4.69) is 10.6 Å². The minimum atomic E-state index is -0.495. The van der Waals surface area contributed by atoms with Gasteiger partial charge in [-0.3, -0.25) is 9.59 Å². The zero-order valence-electron chi connectivity index (χ0n) is 11.2. The quantitative estimate of drug-likeness (QED) is 0.895. The summed E-state index contributed by atoms with van der Waals surface area (Å²) in [4.78, 5) is 23.2. The number of carbonyl (C=O) groups excluding carboxylic acids is 2. The Hall–Kier alpha value is -2.37. The fraction of sp³-hybridized carbons (Fsp3) is 0.286. The van der Waals surface area contributed by atoms with E-state index in [9.17, 15) is 14.0 Å². The van der Waals surface area contributed by atoms with Gasteiger partial charge in [-0.05, 0) is 32.0 Å². The monoisotopic (exact) mass is 278 g/mol. The molecule has 20 heavy (non-hydrogen) atoms. The van der Waals surface area contributed by atoms with Gasteiger partial charge in [0.2, 0.25) is 5.91 Å². The Morgan fingerprint density at radius 1 is 1.30 bits per heavy atom. The average molecular weight is 278 g/mol. The summed E-state index contributed by atoms with van der Waals surface area (Å²) in [6, 6.07) is 4.05. The van der Waals surface area contributed by atoms with Gasteiger partial charge in [0.25, 0.3) is 5.91 Å². The van der Waals surface area contributed by atoms with Crippen molar-refractivity contribution in [2.45, 2.75) is 13.8 Å². The van der Waals surface area contributed by atoms with Crippen LogP contribution in [0.3, 0.4) is 0 Å². The molecule has 2 aromatic rings. The second kappa shape index (κ2) is 5.73. The van der Waals surface area contributed by atoms with Crippen LogP contribution in [0.2, 0.25) is 0 Å². The number of amides is 2. The van der Waals surface area contributed by atoms with E-state index < -0.39 is 11.7 Å². The molecule has 0 saturated heterocycles. The lowest BCUT2D eigenvalue weighted by Crippen LogP contribution is -2.36. The van der Waals surface area contributed by atoms with E-state index in [-0.39, 0.29) is 18.2 Å². The summed E-state index contributed by atoms with van der Waals surface area (Å²) in [5.41, 5.74) is 0.986. The van der Waals surface area contributed by atoms with E-state index in [1.54, 1.807) is 13.8 Å². The first-order valence-corrected chi connectivity index (χ1v) is 6.26. The van der Waals surface area contributed by atoms with E-state index >= 15 is 0 Å². The lowest BCUT2D eigenvalue weighted by atomic mass is 10.1. The van der Waals surface area contributed by atoms with E-state index in [0.717, 1.165) is 0 Å². The zero-order chi connectivity index (χ0) is 14.7. The van der Waals surface area contributed by atoms with Gasteiger partial charge in [0.1, 0.15) is 11.4 Å². The average Bonchev–Trinajstić information content (AvgIpc) is 2.74. The van der Waals surface area contributed by atoms with Crippen molar-refractivity contribution in [1.82, 2.24) is 10.6 Å². The molecule has 0 atom stereocenters. The summed E-state index contributed by atoms with van der Waals surface area (Å²) in [5.74, 6) is -1.07. The van der Waals surface area contributed by atoms with Crippen LogP contribution in [0.1, 0.15) is 23.0 Å². The van der Waals surface area contributed by atoms with E-state index in [1.165, 1.54) is 18.2 Å². The largest absolute Gasteiger partial charge is 0.451 e. The van der Waals surface area contributed by atoms with Crippen molar-refractivity contribution in [2.24, 2.45) is 0 Å². The van der Waals surface area contributed by atoms with Crippen LogP contribution < -0.4 is 10.6 Å². The Bertz CT molecular complexity index is 664. The first kappa shape index (κ1) is 14.0. The van der Waals surface area contributed by atoms with Crippen molar-refractivity contribution in [3.8, 4) is 0 Å². The summed E-state index contributed by atoms with van der Waals surface area (Å²) < 4.78 is 18.6. The highest BCUT2D eigenvalue weighted by atomic mass is 19.1. The minimum absolute atomic E-state index is 0.0925. The van der Waals surface area contributed by atoms with Gasteiger partial charge in [0.05, 0.1) is 6.54 Å². The fourth-order valence-electron chi connectivity index (χ4n) is 1.91. The number of carbonyl (C=O) groups is 2. The maximum absolute atomic E-state index is 13.2. The first-order chi connectivity index (χ1) is 9.52. The number of fused-ring (bicyclic) bond motifs is 1. The number of benzene rings is 1. The van der Waals surface area contributed by atoms with E-state index in [4.69, 9.17) is 4.42 Å². The molecule has 0 aliphatic rings. The number of aryl methyl sites for hydroxylation is 1. The van der Waals surface area contributed by atoms with Crippen molar-refractivity contribution < 1.29 is 18.4 Å². The third kappa shape index (κ3) is 2.79. The molecule has 2 N–H and O–H groups in total. The van der Waals surface area contributed by atoms with Gasteiger partial charge >= 0.3 is 0 Å². The molecule has 0 unspecified atom stereocenters. The molecular weight excluding hydrogens is 263 g/mol. The van der Waals surface area contributed by atoms with Gasteiger partial charge in [-0.2, -0.15) is 0 Å². The highest BCUT2D eigenvalue weighted by molar-refractivity contribution is 6.00. The standard InChI is InChI=1S/C14H15FN2O3/c1-3-16-12(18)7-17-14(19)13-8(2)10-6-9(15)4-5-11(10)20-13/h4-6H,3,7H2,1-2H3,(H,16,18)(H,17,19). The Kier molecular flexibility index (Phi) is 4.02. The minimum Gasteiger partial charge on any atom is -0.451 e. The number of halogens is 1. The molecule has 0 radical (unpaired) electrons. The lowest BCUT2D eigenvalue weighted by Gasteiger charge is -2.03. The number of nitrogens with one attached hydrogen (secondary N) is 2. The maximum Gasteiger partial charge on any atom is 0.287 e. The first-order valence-electron chi connectivity index (χ1n) is 6.26. The zero-order valence-corrected chi connectivity index (χ0v) is 11.2. The lowest BCUT2D eigenvalue weighted by molar-refractivity contribution is -0.120. The third-order valence-electron chi connectivity index (χ3n) is 2.89. The van der Waals surface area contributed by atoms with Gasteiger partial charge in [0.15, 0.2) is 5.76 Å². The van der Waals surface area contributed by atoms with Crippen LogP contribution in [0, 0.1) is 12.7 Å². The van der Waals surface area contributed by atoms with E-state index in [0.29, 0.717) is 23.1 Å². The molecule has 0 bridgehead atoms. The molecule has 0 aliphatic carbocycles. The van der Waals surface area contributed by atoms with Gasteiger partial charge in [0, 0.05) is 17.5 Å². The highest BCUT2D eigenvalue weighted by Crippen LogP contribution is 2.25. The SMILES string of the molecule is CCNC(=O)CNC(=O)c1oc2ccc(F)cc2c1C. The topological polar surface area (TPSA) is 71.3 Å². The molecule has 1 heterocycles. The second-order valence-electron chi connectivity index (χ2n) is 4.33. The van der Waals surface area contributed by atoms with Crippen LogP contribution >= 0.6 is 0 Å². The van der Waals surface area contributed by atoms with E-state index in [1.807, 2.05) is 0 Å². The van der Waals surface area contributed by atoms with Crippen molar-refractivity contribution in [1.29, 1.82) is 0 Å². The Morgan fingerprint density at radius 2 is 2.05 bits per heavy atom. The molecule has 0 aliphatic heterocycles. The molecule has 5 nitrogen and oxygen atoms in total. The highest BCUT2D eigenvalue weighted by Gasteiger charge is 2.18. The summed E-state index contributed by atoms with van der Waals surface area (Å²) in [6.45, 7) is 3.83. The van der Waals surface area contributed by atoms with Crippen LogP contribution in [-0.2, 0) is 4.79 Å². The second-order valence-corrected chi connectivity index (χ2v) is 4.33. The van der Waals surface area contributed by atoms with Crippen LogP contribution in [0.25, 0.3) is 11.0 Å². The van der Waals surface area contributed by atoms with Crippen molar-refractivity contribution >= 4 is 22.8 Å². The van der Waals surface area contributed by atoms with Crippen molar-refractivity contribution in [2.75, 3.05) is 13.1 Å². The van der Waals surface area contributed by atoms with Gasteiger partial charge in [-0.15, -0.1) is 0 Å². The van der Waals surface area contributed by atoms with Crippen LogP contribution in [0.5, 0.6) is 0 Å². The molecule has 2 rings (SSSR count). The predicted molar refractivity (Wildman–Crippen MR) is 71.9 cm³/mol. The third-order valence-corrected chi connectivity index (χ3v) is 2.89. The van der Waals surface area contributed by atoms with Crippen molar-refractivity contribution in [3.05, 3.63) is 35.3 Å². The normalized spacial score (nSPS) is 10.6. The fourth-order valence-corrected chi connectivity index (χ4v) is 1.91. The number of likely N-dealkylation sites (N-methyl/N-ethyl adjacent to an activating group) is 1. The molecule has 0 spiro atoms. The molecular formula is C14H15FN2O3. The Morgan fingerprint density at radius 3 is 2.75 bits per heavy atom. The maximum atomic E-state index is 13.2. The van der Waals surface area contributed by atoms with Crippen LogP contribution in [0.15, 0.2) is 22.6 Å². The summed E-state index contributed by atoms with van der Waals surface area (Å²) in [7, 11) is 0. The molecule has 2 amide bonds. The molecule has 6 heteroatoms. The molecule has 0 fully saturated rings.